The number of anilines is 1. The zero-order valence-electron chi connectivity index (χ0n) is 14.7. The van der Waals surface area contributed by atoms with Crippen molar-refractivity contribution < 1.29 is 9.53 Å². The monoisotopic (exact) mass is 365 g/mol. The lowest BCUT2D eigenvalue weighted by molar-refractivity contribution is -0.128. The summed E-state index contributed by atoms with van der Waals surface area (Å²) in [4.78, 5) is 12.8. The highest BCUT2D eigenvalue weighted by Crippen LogP contribution is 2.29. The summed E-state index contributed by atoms with van der Waals surface area (Å²) in [5.74, 6) is 0.363. The molecule has 3 aromatic rings. The second kappa shape index (κ2) is 7.63. The van der Waals surface area contributed by atoms with Crippen molar-refractivity contribution >= 4 is 23.2 Å². The number of carbonyl (C=O) groups excluding carboxylic acids is 1. The molecule has 3 nitrogen and oxygen atoms in total. The van der Waals surface area contributed by atoms with Crippen molar-refractivity contribution in [1.82, 2.24) is 0 Å². The van der Waals surface area contributed by atoms with E-state index in [-0.39, 0.29) is 5.91 Å². The van der Waals surface area contributed by atoms with Crippen LogP contribution in [0.25, 0.3) is 11.1 Å². The number of carbonyl (C=O) groups is 1. The maximum atomic E-state index is 12.8. The third kappa shape index (κ3) is 4.24. The predicted molar refractivity (Wildman–Crippen MR) is 107 cm³/mol. The molecule has 0 atom stereocenters. The summed E-state index contributed by atoms with van der Waals surface area (Å²) < 4.78 is 5.87. The van der Waals surface area contributed by atoms with Crippen LogP contribution in [0.4, 0.5) is 5.69 Å². The minimum atomic E-state index is -1.04. The van der Waals surface area contributed by atoms with Crippen LogP contribution in [0, 0.1) is 0 Å². The Morgan fingerprint density at radius 1 is 0.885 bits per heavy atom. The average Bonchev–Trinajstić information content (AvgIpc) is 2.64. The van der Waals surface area contributed by atoms with Crippen LogP contribution in [0.15, 0.2) is 78.9 Å². The Hall–Kier alpha value is -2.78. The number of para-hydroxylation sites is 1. The van der Waals surface area contributed by atoms with Gasteiger partial charge in [-0.3, -0.25) is 4.79 Å². The molecular weight excluding hydrogens is 346 g/mol. The first-order valence-corrected chi connectivity index (χ1v) is 8.74. The molecule has 0 radical (unpaired) electrons. The maximum Gasteiger partial charge on any atom is 0.267 e. The van der Waals surface area contributed by atoms with Crippen molar-refractivity contribution in [2.24, 2.45) is 0 Å². The van der Waals surface area contributed by atoms with Gasteiger partial charge in [-0.15, -0.1) is 0 Å². The summed E-state index contributed by atoms with van der Waals surface area (Å²) >= 11 is 5.89. The molecule has 0 aliphatic rings. The Morgan fingerprint density at radius 3 is 2.19 bits per heavy atom. The molecular formula is C22H20ClNO2. The van der Waals surface area contributed by atoms with Gasteiger partial charge in [0.2, 0.25) is 0 Å². The van der Waals surface area contributed by atoms with E-state index in [9.17, 15) is 4.79 Å². The molecule has 26 heavy (non-hydrogen) atoms. The molecule has 1 N–H and O–H groups in total. The summed E-state index contributed by atoms with van der Waals surface area (Å²) in [7, 11) is 0. The Bertz CT molecular complexity index is 890. The maximum absolute atomic E-state index is 12.8. The largest absolute Gasteiger partial charge is 0.478 e. The fourth-order valence-electron chi connectivity index (χ4n) is 2.58. The fourth-order valence-corrected chi connectivity index (χ4v) is 2.70. The third-order valence-electron chi connectivity index (χ3n) is 3.99. The van der Waals surface area contributed by atoms with Crippen LogP contribution in [0.5, 0.6) is 5.75 Å². The van der Waals surface area contributed by atoms with Crippen molar-refractivity contribution in [1.29, 1.82) is 0 Å². The van der Waals surface area contributed by atoms with Gasteiger partial charge >= 0.3 is 0 Å². The fraction of sp³-hybridized carbons (Fsp3) is 0.136. The zero-order chi connectivity index (χ0) is 18.6. The van der Waals surface area contributed by atoms with Crippen molar-refractivity contribution in [3.8, 4) is 16.9 Å². The standard InChI is InChI=1S/C22H20ClNO2/c1-22(2,26-18-14-12-17(23)13-15-18)21(25)24-20-11-7-6-10-19(20)16-8-4-3-5-9-16/h3-15H,1-2H3,(H,24,25). The van der Waals surface area contributed by atoms with Crippen LogP contribution in [0.1, 0.15) is 13.8 Å². The molecule has 0 saturated carbocycles. The molecule has 0 saturated heterocycles. The van der Waals surface area contributed by atoms with Crippen molar-refractivity contribution in [3.05, 3.63) is 83.9 Å². The van der Waals surface area contributed by atoms with Crippen LogP contribution in [0.3, 0.4) is 0 Å². The number of rotatable bonds is 5. The van der Waals surface area contributed by atoms with E-state index in [0.29, 0.717) is 10.8 Å². The molecule has 4 heteroatoms. The van der Waals surface area contributed by atoms with Crippen LogP contribution < -0.4 is 10.1 Å². The van der Waals surface area contributed by atoms with E-state index in [1.807, 2.05) is 54.6 Å². The highest BCUT2D eigenvalue weighted by atomic mass is 35.5. The molecule has 0 unspecified atom stereocenters. The number of hydrogen-bond acceptors (Lipinski definition) is 2. The second-order valence-corrected chi connectivity index (χ2v) is 6.87. The first-order chi connectivity index (χ1) is 12.5. The molecule has 132 valence electrons. The Morgan fingerprint density at radius 2 is 1.50 bits per heavy atom. The summed E-state index contributed by atoms with van der Waals surface area (Å²) in [6.45, 7) is 3.48. The summed E-state index contributed by atoms with van der Waals surface area (Å²) in [5, 5.41) is 3.61. The lowest BCUT2D eigenvalue weighted by atomic mass is 10.0. The molecule has 3 rings (SSSR count). The number of amides is 1. The lowest BCUT2D eigenvalue weighted by Gasteiger charge is -2.26. The Labute approximate surface area is 158 Å². The molecule has 0 aliphatic heterocycles. The highest BCUT2D eigenvalue weighted by molar-refractivity contribution is 6.30. The first-order valence-electron chi connectivity index (χ1n) is 8.36. The quantitative estimate of drug-likeness (QED) is 0.620. The van der Waals surface area contributed by atoms with Crippen molar-refractivity contribution in [2.75, 3.05) is 5.32 Å². The van der Waals surface area contributed by atoms with E-state index in [1.165, 1.54) is 0 Å². The summed E-state index contributed by atoms with van der Waals surface area (Å²) in [6, 6.07) is 24.6. The summed E-state index contributed by atoms with van der Waals surface area (Å²) in [5.41, 5.74) is 1.71. The van der Waals surface area contributed by atoms with Crippen LogP contribution in [-0.2, 0) is 4.79 Å². The van der Waals surface area contributed by atoms with E-state index in [4.69, 9.17) is 16.3 Å². The number of ether oxygens (including phenoxy) is 1. The molecule has 0 fully saturated rings. The molecule has 0 aromatic heterocycles. The molecule has 0 bridgehead atoms. The van der Waals surface area contributed by atoms with Crippen LogP contribution >= 0.6 is 11.6 Å². The van der Waals surface area contributed by atoms with E-state index in [1.54, 1.807) is 38.1 Å². The van der Waals surface area contributed by atoms with Gasteiger partial charge in [0.05, 0.1) is 0 Å². The number of hydrogen-bond donors (Lipinski definition) is 1. The lowest BCUT2D eigenvalue weighted by Crippen LogP contribution is -2.42. The van der Waals surface area contributed by atoms with E-state index >= 15 is 0 Å². The summed E-state index contributed by atoms with van der Waals surface area (Å²) in [6.07, 6.45) is 0. The molecule has 1 amide bonds. The zero-order valence-corrected chi connectivity index (χ0v) is 15.5. The van der Waals surface area contributed by atoms with Gasteiger partial charge in [0.1, 0.15) is 5.75 Å². The second-order valence-electron chi connectivity index (χ2n) is 6.43. The van der Waals surface area contributed by atoms with Gasteiger partial charge in [-0.05, 0) is 49.7 Å². The third-order valence-corrected chi connectivity index (χ3v) is 4.25. The van der Waals surface area contributed by atoms with Gasteiger partial charge in [-0.25, -0.2) is 0 Å². The van der Waals surface area contributed by atoms with Crippen molar-refractivity contribution in [3.63, 3.8) is 0 Å². The topological polar surface area (TPSA) is 38.3 Å². The van der Waals surface area contributed by atoms with Gasteiger partial charge in [0.15, 0.2) is 5.60 Å². The van der Waals surface area contributed by atoms with E-state index in [2.05, 4.69) is 5.32 Å². The first kappa shape index (κ1) is 18.0. The number of nitrogens with one attached hydrogen (secondary N) is 1. The van der Waals surface area contributed by atoms with Crippen LogP contribution in [0.2, 0.25) is 5.02 Å². The molecule has 0 aliphatic carbocycles. The molecule has 0 spiro atoms. The van der Waals surface area contributed by atoms with Gasteiger partial charge < -0.3 is 10.1 Å². The minimum Gasteiger partial charge on any atom is -0.478 e. The van der Waals surface area contributed by atoms with Crippen molar-refractivity contribution in [2.45, 2.75) is 19.4 Å². The number of benzene rings is 3. The van der Waals surface area contributed by atoms with Gasteiger partial charge in [0, 0.05) is 16.3 Å². The normalized spacial score (nSPS) is 11.0. The molecule has 3 aromatic carbocycles. The SMILES string of the molecule is CC(C)(Oc1ccc(Cl)cc1)C(=O)Nc1ccccc1-c1ccccc1. The predicted octanol–water partition coefficient (Wildman–Crippen LogP) is 5.80. The highest BCUT2D eigenvalue weighted by Gasteiger charge is 2.30. The average molecular weight is 366 g/mol. The molecule has 0 heterocycles. The van der Waals surface area contributed by atoms with E-state index in [0.717, 1.165) is 16.8 Å². The Balaban J connectivity index is 1.80. The van der Waals surface area contributed by atoms with Gasteiger partial charge in [0.25, 0.3) is 5.91 Å². The van der Waals surface area contributed by atoms with Crippen LogP contribution in [-0.4, -0.2) is 11.5 Å². The Kier molecular flexibility index (Phi) is 5.29. The van der Waals surface area contributed by atoms with E-state index < -0.39 is 5.60 Å². The van der Waals surface area contributed by atoms with Gasteiger partial charge in [-0.1, -0.05) is 60.1 Å². The smallest absolute Gasteiger partial charge is 0.267 e. The van der Waals surface area contributed by atoms with Gasteiger partial charge in [-0.2, -0.15) is 0 Å². The number of halogens is 1. The minimum absolute atomic E-state index is 0.226.